The maximum atomic E-state index is 15.0. The molecule has 0 spiro atoms. The predicted octanol–water partition coefficient (Wildman–Crippen LogP) is 3.89. The molecule has 0 amide bonds. The van der Waals surface area contributed by atoms with Gasteiger partial charge in [0.15, 0.2) is 5.82 Å². The van der Waals surface area contributed by atoms with Crippen LogP contribution in [0.15, 0.2) is 66.0 Å². The summed E-state index contributed by atoms with van der Waals surface area (Å²) < 4.78 is 15.0. The molecule has 1 aliphatic rings. The van der Waals surface area contributed by atoms with E-state index in [0.29, 0.717) is 28.2 Å². The van der Waals surface area contributed by atoms with Crippen LogP contribution in [-0.2, 0) is 0 Å². The zero-order valence-electron chi connectivity index (χ0n) is 18.4. The lowest BCUT2D eigenvalue weighted by Gasteiger charge is -2.29. The van der Waals surface area contributed by atoms with Crippen LogP contribution in [0.5, 0.6) is 0 Å². The first kappa shape index (κ1) is 20.6. The molecule has 3 aromatic heterocycles. The second-order valence-corrected chi connectivity index (χ2v) is 8.10. The number of aliphatic imine (C=N–C) groups is 1. The molecule has 166 valence electrons. The van der Waals surface area contributed by atoms with E-state index < -0.39 is 0 Å². The average molecular weight is 443 g/mol. The molecule has 0 radical (unpaired) electrons. The number of nitrogens with one attached hydrogen (secondary N) is 2. The van der Waals surface area contributed by atoms with Gasteiger partial charge in [0.05, 0.1) is 17.5 Å². The van der Waals surface area contributed by atoms with Gasteiger partial charge in [-0.05, 0) is 42.1 Å². The van der Waals surface area contributed by atoms with Crippen molar-refractivity contribution < 1.29 is 4.39 Å². The highest BCUT2D eigenvalue weighted by atomic mass is 19.1. The van der Waals surface area contributed by atoms with Crippen LogP contribution in [0.1, 0.15) is 12.0 Å². The molecule has 33 heavy (non-hydrogen) atoms. The number of benzene rings is 1. The van der Waals surface area contributed by atoms with E-state index in [9.17, 15) is 4.39 Å². The molecule has 0 saturated carbocycles. The second-order valence-electron chi connectivity index (χ2n) is 8.10. The number of nitrogens with zero attached hydrogens (tertiary/aromatic N) is 5. The Morgan fingerprint density at radius 2 is 2.03 bits per heavy atom. The number of hydrogen-bond acceptors (Lipinski definition) is 6. The van der Waals surface area contributed by atoms with Crippen molar-refractivity contribution in [1.82, 2.24) is 30.4 Å². The van der Waals surface area contributed by atoms with Gasteiger partial charge in [-0.1, -0.05) is 6.58 Å². The van der Waals surface area contributed by atoms with Crippen molar-refractivity contribution in [3.8, 4) is 11.1 Å². The molecule has 0 unspecified atom stereocenters. The van der Waals surface area contributed by atoms with Gasteiger partial charge in [0.2, 0.25) is 0 Å². The first-order chi connectivity index (χ1) is 15.9. The van der Waals surface area contributed by atoms with Crippen molar-refractivity contribution in [2.75, 3.05) is 13.6 Å². The summed E-state index contributed by atoms with van der Waals surface area (Å²) in [5.74, 6) is 1.24. The van der Waals surface area contributed by atoms with Crippen LogP contribution in [-0.4, -0.2) is 44.5 Å². The standard InChI is InChI=1S/C24H23FN8/c1-13-19(11-27-21-12-29-32-24(13)21)18-6-15-8-23(28-10-16(15)7-20(18)25)31-22(26)9-17-4-5-33(3)14(2)30-17/h6-12,30H,2,4-5H2,1,3H3,(H,29,32)(H2,26,28,31)/b17-9-. The zero-order valence-corrected chi connectivity index (χ0v) is 18.4. The summed E-state index contributed by atoms with van der Waals surface area (Å²) in [6.45, 7) is 6.74. The van der Waals surface area contributed by atoms with E-state index in [2.05, 4.69) is 37.1 Å². The van der Waals surface area contributed by atoms with Gasteiger partial charge in [-0.25, -0.2) is 14.4 Å². The van der Waals surface area contributed by atoms with Crippen LogP contribution in [0.4, 0.5) is 10.2 Å². The molecular formula is C24H23FN8. The molecule has 0 aliphatic carbocycles. The highest BCUT2D eigenvalue weighted by Crippen LogP contribution is 2.32. The lowest BCUT2D eigenvalue weighted by atomic mass is 9.98. The monoisotopic (exact) mass is 442 g/mol. The summed E-state index contributed by atoms with van der Waals surface area (Å²) >= 11 is 0. The number of nitrogens with two attached hydrogens (primary N) is 1. The van der Waals surface area contributed by atoms with Crippen molar-refractivity contribution in [3.05, 3.63) is 72.3 Å². The first-order valence-electron chi connectivity index (χ1n) is 10.5. The van der Waals surface area contributed by atoms with Gasteiger partial charge in [-0.2, -0.15) is 5.10 Å². The molecule has 1 fully saturated rings. The van der Waals surface area contributed by atoms with E-state index >= 15 is 0 Å². The molecule has 0 atom stereocenters. The van der Waals surface area contributed by atoms with Crippen LogP contribution in [0.3, 0.4) is 0 Å². The topological polar surface area (TPSA) is 108 Å². The van der Waals surface area contributed by atoms with E-state index in [1.54, 1.807) is 36.8 Å². The summed E-state index contributed by atoms with van der Waals surface area (Å²) in [4.78, 5) is 15.2. The van der Waals surface area contributed by atoms with Crippen LogP contribution in [0.2, 0.25) is 0 Å². The number of aryl methyl sites for hydroxylation is 1. The Balaban J connectivity index is 1.51. The first-order valence-corrected chi connectivity index (χ1v) is 10.5. The number of amidine groups is 1. The van der Waals surface area contributed by atoms with Crippen molar-refractivity contribution >= 4 is 33.5 Å². The Bertz CT molecular complexity index is 1470. The van der Waals surface area contributed by atoms with Gasteiger partial charge in [-0.15, -0.1) is 0 Å². The molecule has 8 nitrogen and oxygen atoms in total. The fourth-order valence-corrected chi connectivity index (χ4v) is 3.93. The van der Waals surface area contributed by atoms with E-state index in [1.165, 1.54) is 6.07 Å². The minimum Gasteiger partial charge on any atom is -0.384 e. The number of rotatable bonds is 3. The largest absolute Gasteiger partial charge is 0.384 e. The smallest absolute Gasteiger partial charge is 0.154 e. The Morgan fingerprint density at radius 3 is 2.85 bits per heavy atom. The maximum absolute atomic E-state index is 15.0. The van der Waals surface area contributed by atoms with Crippen molar-refractivity contribution in [2.24, 2.45) is 10.7 Å². The number of aromatic amines is 1. The van der Waals surface area contributed by atoms with Gasteiger partial charge >= 0.3 is 0 Å². The number of halogens is 1. The zero-order chi connectivity index (χ0) is 23.1. The highest BCUT2D eigenvalue weighted by Gasteiger charge is 2.15. The van der Waals surface area contributed by atoms with E-state index in [-0.39, 0.29) is 5.82 Å². The molecular weight excluding hydrogens is 419 g/mol. The Hall–Kier alpha value is -4.27. The lowest BCUT2D eigenvalue weighted by Crippen LogP contribution is -2.35. The van der Waals surface area contributed by atoms with Gasteiger partial charge < -0.3 is 16.0 Å². The molecule has 1 aromatic carbocycles. The Morgan fingerprint density at radius 1 is 1.18 bits per heavy atom. The van der Waals surface area contributed by atoms with Crippen LogP contribution in [0.25, 0.3) is 32.9 Å². The molecule has 9 heteroatoms. The molecule has 1 aliphatic heterocycles. The third-order valence-electron chi connectivity index (χ3n) is 5.86. The number of aromatic nitrogens is 4. The third kappa shape index (κ3) is 3.89. The minimum absolute atomic E-state index is 0.328. The molecule has 0 bridgehead atoms. The van der Waals surface area contributed by atoms with Gasteiger partial charge in [-0.3, -0.25) is 10.1 Å². The highest BCUT2D eigenvalue weighted by molar-refractivity contribution is 5.95. The molecule has 4 N–H and O–H groups in total. The summed E-state index contributed by atoms with van der Waals surface area (Å²) in [7, 11) is 1.98. The summed E-state index contributed by atoms with van der Waals surface area (Å²) in [6, 6.07) is 5.05. The fourth-order valence-electron chi connectivity index (χ4n) is 3.93. The van der Waals surface area contributed by atoms with Crippen molar-refractivity contribution in [2.45, 2.75) is 13.3 Å². The van der Waals surface area contributed by atoms with E-state index in [1.807, 2.05) is 18.9 Å². The molecule has 1 saturated heterocycles. The quantitative estimate of drug-likeness (QED) is 0.328. The number of pyridine rings is 2. The van der Waals surface area contributed by atoms with Gasteiger partial charge in [0.25, 0.3) is 0 Å². The van der Waals surface area contributed by atoms with E-state index in [4.69, 9.17) is 5.73 Å². The van der Waals surface area contributed by atoms with Gasteiger partial charge in [0.1, 0.15) is 17.2 Å². The van der Waals surface area contributed by atoms with Crippen molar-refractivity contribution in [1.29, 1.82) is 0 Å². The van der Waals surface area contributed by atoms with Crippen LogP contribution in [0, 0.1) is 12.7 Å². The third-order valence-corrected chi connectivity index (χ3v) is 5.86. The maximum Gasteiger partial charge on any atom is 0.154 e. The SMILES string of the molecule is C=C1N/C(=C\C(N)=Nc2cc3cc(-c4cnc5cn[nH]c5c4C)c(F)cc3cn2)CCN1C. The summed E-state index contributed by atoms with van der Waals surface area (Å²) in [6.07, 6.45) is 7.52. The fraction of sp³-hybridized carbons (Fsp3) is 0.167. The van der Waals surface area contributed by atoms with Crippen LogP contribution >= 0.6 is 0 Å². The van der Waals surface area contributed by atoms with Gasteiger partial charge in [0, 0.05) is 54.6 Å². The molecule has 5 rings (SSSR count). The van der Waals surface area contributed by atoms with E-state index in [0.717, 1.165) is 46.5 Å². The molecule has 4 heterocycles. The Kier molecular flexibility index (Phi) is 5.01. The second kappa shape index (κ2) is 8.01. The minimum atomic E-state index is -0.345. The van der Waals surface area contributed by atoms with Crippen molar-refractivity contribution in [3.63, 3.8) is 0 Å². The average Bonchev–Trinajstić information content (AvgIpc) is 3.26. The summed E-state index contributed by atoms with van der Waals surface area (Å²) in [5, 5.41) is 11.6. The molecule has 4 aromatic rings. The summed E-state index contributed by atoms with van der Waals surface area (Å²) in [5.41, 5.74) is 10.7. The number of hydrogen-bond donors (Lipinski definition) is 3. The lowest BCUT2D eigenvalue weighted by molar-refractivity contribution is 0.364. The number of H-pyrrole nitrogens is 1. The Labute approximate surface area is 189 Å². The van der Waals surface area contributed by atoms with Crippen LogP contribution < -0.4 is 11.1 Å². The normalized spacial score (nSPS) is 16.1. The number of fused-ring (bicyclic) bond motifs is 2. The predicted molar refractivity (Wildman–Crippen MR) is 128 cm³/mol.